The monoisotopic (exact) mass is 358 g/mol. The first-order chi connectivity index (χ1) is 9.38. The molecule has 2 amide bonds. The number of rotatable bonds is 2. The number of carbonyl (C=O) groups is 2. The molecular weight excluding hydrogens is 344 g/mol. The van der Waals surface area contributed by atoms with Gasteiger partial charge in [-0.05, 0) is 35.0 Å². The molecule has 2 rings (SSSR count). The van der Waals surface area contributed by atoms with Crippen molar-refractivity contribution >= 4 is 39.3 Å². The molecule has 0 saturated heterocycles. The maximum Gasteiger partial charge on any atom is 0.338 e. The van der Waals surface area contributed by atoms with Gasteiger partial charge < -0.3 is 14.5 Å². The van der Waals surface area contributed by atoms with E-state index in [4.69, 9.17) is 4.74 Å². The number of nitrogens with zero attached hydrogens (tertiary/aromatic N) is 2. The van der Waals surface area contributed by atoms with Crippen LogP contribution in [0, 0.1) is 0 Å². The van der Waals surface area contributed by atoms with Crippen molar-refractivity contribution in [2.24, 2.45) is 0 Å². The molecule has 0 saturated carbocycles. The molecule has 0 radical (unpaired) electrons. The molecule has 0 spiro atoms. The number of amides is 2. The van der Waals surface area contributed by atoms with Crippen LogP contribution in [0.4, 0.5) is 4.79 Å². The fourth-order valence-electron chi connectivity index (χ4n) is 2.24. The van der Waals surface area contributed by atoms with Crippen molar-refractivity contribution in [2.75, 3.05) is 21.2 Å². The second-order valence-corrected chi connectivity index (χ2v) is 6.98. The molecule has 1 aromatic heterocycles. The molecule has 5 nitrogen and oxygen atoms in total. The summed E-state index contributed by atoms with van der Waals surface area (Å²) in [6, 6.07) is 3.25. The van der Waals surface area contributed by atoms with Gasteiger partial charge in [0.1, 0.15) is 6.04 Å². The summed E-state index contributed by atoms with van der Waals surface area (Å²) in [5.74, 6) is -0.414. The molecule has 0 bridgehead atoms. The average molecular weight is 359 g/mol. The number of carbonyl (C=O) groups excluding carboxylic acids is 2. The second-order valence-electron chi connectivity index (χ2n) is 4.49. The molecule has 1 unspecified atom stereocenters. The number of esters is 1. The number of hydrogen-bond acceptors (Lipinski definition) is 4. The summed E-state index contributed by atoms with van der Waals surface area (Å²) in [6.45, 7) is 1.76. The highest BCUT2D eigenvalue weighted by Crippen LogP contribution is 2.39. The molecule has 0 N–H and O–H groups in total. The van der Waals surface area contributed by atoms with E-state index in [1.165, 1.54) is 23.3 Å². The van der Waals surface area contributed by atoms with Crippen LogP contribution in [0.2, 0.25) is 0 Å². The maximum absolute atomic E-state index is 12.2. The number of likely N-dealkylation sites (N-methyl/N-ethyl adjacent to an activating group) is 1. The Morgan fingerprint density at radius 1 is 1.40 bits per heavy atom. The van der Waals surface area contributed by atoms with Crippen LogP contribution in [0.1, 0.15) is 17.8 Å². The van der Waals surface area contributed by atoms with E-state index >= 15 is 0 Å². The summed E-state index contributed by atoms with van der Waals surface area (Å²) in [5.41, 5.74) is 1.11. The largest absolute Gasteiger partial charge is 0.466 e. The highest BCUT2D eigenvalue weighted by molar-refractivity contribution is 9.11. The summed E-state index contributed by atoms with van der Waals surface area (Å²) < 4.78 is 5.83. The molecular formula is C13H15BrN2O3S. The van der Waals surface area contributed by atoms with Crippen molar-refractivity contribution in [1.29, 1.82) is 0 Å². The standard InChI is InChI=1S/C13H15BrN2O3S/c1-7-10(12(17)19-4)11(8-5-6-9(14)20-8)16(3)13(18)15(7)2/h5-6,11H,1-4H3. The van der Waals surface area contributed by atoms with Crippen LogP contribution >= 0.6 is 27.3 Å². The van der Waals surface area contributed by atoms with Crippen molar-refractivity contribution in [1.82, 2.24) is 9.80 Å². The number of ether oxygens (including phenoxy) is 1. The quantitative estimate of drug-likeness (QED) is 0.763. The van der Waals surface area contributed by atoms with Gasteiger partial charge in [0.25, 0.3) is 0 Å². The van der Waals surface area contributed by atoms with Gasteiger partial charge in [0.05, 0.1) is 16.5 Å². The molecule has 0 aliphatic carbocycles. The number of thiophene rings is 1. The van der Waals surface area contributed by atoms with Gasteiger partial charge in [0.15, 0.2) is 0 Å². The Balaban J connectivity index is 2.60. The van der Waals surface area contributed by atoms with E-state index in [-0.39, 0.29) is 6.03 Å². The number of allylic oxidation sites excluding steroid dienone is 1. The SMILES string of the molecule is COC(=O)C1=C(C)N(C)C(=O)N(C)C1c1ccc(Br)s1. The summed E-state index contributed by atoms with van der Waals surface area (Å²) in [5, 5.41) is 0. The lowest BCUT2D eigenvalue weighted by atomic mass is 9.99. The number of urea groups is 1. The van der Waals surface area contributed by atoms with E-state index in [9.17, 15) is 9.59 Å². The molecule has 108 valence electrons. The van der Waals surface area contributed by atoms with Crippen LogP contribution in [-0.4, -0.2) is 43.0 Å². The van der Waals surface area contributed by atoms with Crippen LogP contribution in [0.5, 0.6) is 0 Å². The number of halogens is 1. The zero-order valence-corrected chi connectivity index (χ0v) is 14.0. The minimum atomic E-state index is -0.414. The first-order valence-electron chi connectivity index (χ1n) is 5.93. The lowest BCUT2D eigenvalue weighted by molar-refractivity contribution is -0.137. The Morgan fingerprint density at radius 3 is 2.55 bits per heavy atom. The van der Waals surface area contributed by atoms with Crippen LogP contribution in [0.25, 0.3) is 0 Å². The number of methoxy groups -OCH3 is 1. The van der Waals surface area contributed by atoms with Crippen LogP contribution in [0.3, 0.4) is 0 Å². The Hall–Kier alpha value is -1.34. The first kappa shape index (κ1) is 15.1. The maximum atomic E-state index is 12.2. The second kappa shape index (κ2) is 5.57. The Labute approximate surface area is 129 Å². The predicted molar refractivity (Wildman–Crippen MR) is 80.4 cm³/mol. The molecule has 2 heterocycles. The van der Waals surface area contributed by atoms with Gasteiger partial charge in [0.2, 0.25) is 0 Å². The minimum Gasteiger partial charge on any atom is -0.466 e. The normalized spacial score (nSPS) is 19.6. The van der Waals surface area contributed by atoms with E-state index in [1.807, 2.05) is 12.1 Å². The zero-order chi connectivity index (χ0) is 15.0. The van der Waals surface area contributed by atoms with Crippen molar-refractivity contribution in [3.63, 3.8) is 0 Å². The van der Waals surface area contributed by atoms with Crippen LogP contribution < -0.4 is 0 Å². The minimum absolute atomic E-state index is 0.148. The molecule has 1 atom stereocenters. The fraction of sp³-hybridized carbons (Fsp3) is 0.385. The molecule has 20 heavy (non-hydrogen) atoms. The van der Waals surface area contributed by atoms with Gasteiger partial charge in [-0.25, -0.2) is 9.59 Å². The number of hydrogen-bond donors (Lipinski definition) is 0. The van der Waals surface area contributed by atoms with Gasteiger partial charge in [-0.3, -0.25) is 0 Å². The highest BCUT2D eigenvalue weighted by Gasteiger charge is 2.39. The van der Waals surface area contributed by atoms with E-state index in [1.54, 1.807) is 25.9 Å². The molecule has 1 aliphatic heterocycles. The Bertz CT molecular complexity index is 596. The molecule has 0 fully saturated rings. The lowest BCUT2D eigenvalue weighted by Gasteiger charge is -2.38. The summed E-state index contributed by atoms with van der Waals surface area (Å²) >= 11 is 4.90. The Morgan fingerprint density at radius 2 is 2.05 bits per heavy atom. The van der Waals surface area contributed by atoms with E-state index < -0.39 is 12.0 Å². The van der Waals surface area contributed by atoms with Crippen molar-refractivity contribution in [3.8, 4) is 0 Å². The molecule has 1 aliphatic rings. The van der Waals surface area contributed by atoms with Crippen molar-refractivity contribution in [2.45, 2.75) is 13.0 Å². The third-order valence-electron chi connectivity index (χ3n) is 3.41. The van der Waals surface area contributed by atoms with Crippen LogP contribution in [0.15, 0.2) is 27.2 Å². The van der Waals surface area contributed by atoms with E-state index in [2.05, 4.69) is 15.9 Å². The van der Waals surface area contributed by atoms with Gasteiger partial charge >= 0.3 is 12.0 Å². The van der Waals surface area contributed by atoms with Gasteiger partial charge in [-0.1, -0.05) is 0 Å². The topological polar surface area (TPSA) is 49.9 Å². The summed E-state index contributed by atoms with van der Waals surface area (Å²) in [6.07, 6.45) is 0. The summed E-state index contributed by atoms with van der Waals surface area (Å²) in [7, 11) is 4.69. The van der Waals surface area contributed by atoms with E-state index in [0.717, 1.165) is 8.66 Å². The highest BCUT2D eigenvalue weighted by atomic mass is 79.9. The molecule has 1 aromatic rings. The first-order valence-corrected chi connectivity index (χ1v) is 7.54. The lowest BCUT2D eigenvalue weighted by Crippen LogP contribution is -2.47. The predicted octanol–water partition coefficient (Wildman–Crippen LogP) is 3.00. The third-order valence-corrected chi connectivity index (χ3v) is 5.09. The fourth-order valence-corrected chi connectivity index (χ4v) is 3.82. The molecule has 0 aromatic carbocycles. The van der Waals surface area contributed by atoms with Gasteiger partial charge in [-0.2, -0.15) is 0 Å². The van der Waals surface area contributed by atoms with Crippen LogP contribution in [-0.2, 0) is 9.53 Å². The smallest absolute Gasteiger partial charge is 0.338 e. The van der Waals surface area contributed by atoms with E-state index in [0.29, 0.717) is 11.3 Å². The van der Waals surface area contributed by atoms with Crippen molar-refractivity contribution in [3.05, 3.63) is 32.1 Å². The van der Waals surface area contributed by atoms with Gasteiger partial charge in [-0.15, -0.1) is 11.3 Å². The zero-order valence-electron chi connectivity index (χ0n) is 11.6. The Kier molecular flexibility index (Phi) is 4.19. The van der Waals surface area contributed by atoms with Gasteiger partial charge in [0, 0.05) is 24.7 Å². The average Bonchev–Trinajstić information content (AvgIpc) is 2.85. The summed E-state index contributed by atoms with van der Waals surface area (Å²) in [4.78, 5) is 28.3. The van der Waals surface area contributed by atoms with Crippen molar-refractivity contribution < 1.29 is 14.3 Å². The molecule has 7 heteroatoms. The third kappa shape index (κ3) is 2.35.